The number of hydroxylamine groups is 2. The second-order valence-corrected chi connectivity index (χ2v) is 3.27. The zero-order valence-electron chi connectivity index (χ0n) is 7.79. The SMILES string of the molecule is Cc1[c]nccc1ON1CCCC1. The molecule has 0 N–H and O–H groups in total. The molecule has 0 aliphatic carbocycles. The Balaban J connectivity index is 2.04. The van der Waals surface area contributed by atoms with Gasteiger partial charge in [-0.3, -0.25) is 4.98 Å². The topological polar surface area (TPSA) is 25.4 Å². The van der Waals surface area contributed by atoms with E-state index in [1.165, 1.54) is 12.8 Å². The fourth-order valence-electron chi connectivity index (χ4n) is 1.44. The molecule has 2 heterocycles. The summed E-state index contributed by atoms with van der Waals surface area (Å²) < 4.78 is 0. The molecule has 3 heteroatoms. The van der Waals surface area contributed by atoms with Gasteiger partial charge in [-0.25, -0.2) is 0 Å². The molecule has 0 unspecified atom stereocenters. The average Bonchev–Trinajstić information content (AvgIpc) is 2.61. The monoisotopic (exact) mass is 177 g/mol. The van der Waals surface area contributed by atoms with E-state index >= 15 is 0 Å². The maximum atomic E-state index is 5.67. The van der Waals surface area contributed by atoms with E-state index in [1.54, 1.807) is 6.20 Å². The molecule has 13 heavy (non-hydrogen) atoms. The van der Waals surface area contributed by atoms with Gasteiger partial charge >= 0.3 is 0 Å². The first-order chi connectivity index (χ1) is 6.36. The Kier molecular flexibility index (Phi) is 2.45. The minimum absolute atomic E-state index is 0.872. The molecular weight excluding hydrogens is 164 g/mol. The predicted octanol–water partition coefficient (Wildman–Crippen LogP) is 1.58. The second kappa shape index (κ2) is 3.75. The zero-order chi connectivity index (χ0) is 9.10. The summed E-state index contributed by atoms with van der Waals surface area (Å²) in [6.07, 6.45) is 7.04. The van der Waals surface area contributed by atoms with Crippen molar-refractivity contribution < 1.29 is 4.84 Å². The Hall–Kier alpha value is -1.09. The molecular formula is C10H13N2O. The number of rotatable bonds is 2. The van der Waals surface area contributed by atoms with Crippen LogP contribution in [-0.4, -0.2) is 23.1 Å². The molecule has 0 aromatic carbocycles. The molecule has 1 radical (unpaired) electrons. The third-order valence-electron chi connectivity index (χ3n) is 2.19. The van der Waals surface area contributed by atoms with Gasteiger partial charge < -0.3 is 4.84 Å². The lowest BCUT2D eigenvalue weighted by atomic mass is 10.3. The van der Waals surface area contributed by atoms with Crippen LogP contribution in [0.5, 0.6) is 5.75 Å². The lowest BCUT2D eigenvalue weighted by Gasteiger charge is -2.16. The van der Waals surface area contributed by atoms with Gasteiger partial charge in [-0.15, -0.1) is 5.06 Å². The molecule has 1 aromatic heterocycles. The van der Waals surface area contributed by atoms with Crippen molar-refractivity contribution in [2.24, 2.45) is 0 Å². The molecule has 1 fully saturated rings. The first-order valence-corrected chi connectivity index (χ1v) is 4.62. The molecule has 0 amide bonds. The van der Waals surface area contributed by atoms with E-state index in [9.17, 15) is 0 Å². The lowest BCUT2D eigenvalue weighted by molar-refractivity contribution is -0.0354. The highest BCUT2D eigenvalue weighted by atomic mass is 16.7. The van der Waals surface area contributed by atoms with Crippen molar-refractivity contribution in [3.63, 3.8) is 0 Å². The summed E-state index contributed by atoms with van der Waals surface area (Å²) in [6, 6.07) is 1.88. The van der Waals surface area contributed by atoms with Gasteiger partial charge in [0.15, 0.2) is 5.75 Å². The first kappa shape index (κ1) is 8.51. The van der Waals surface area contributed by atoms with Crippen LogP contribution in [0, 0.1) is 13.1 Å². The Morgan fingerprint density at radius 2 is 2.23 bits per heavy atom. The molecule has 0 spiro atoms. The third-order valence-corrected chi connectivity index (χ3v) is 2.19. The maximum Gasteiger partial charge on any atom is 0.154 e. The third kappa shape index (κ3) is 1.98. The van der Waals surface area contributed by atoms with E-state index in [2.05, 4.69) is 11.2 Å². The van der Waals surface area contributed by atoms with Crippen LogP contribution in [0.15, 0.2) is 12.3 Å². The summed E-state index contributed by atoms with van der Waals surface area (Å²) in [6.45, 7) is 4.02. The number of aromatic nitrogens is 1. The number of aryl methyl sites for hydroxylation is 1. The van der Waals surface area contributed by atoms with Crippen LogP contribution in [0.1, 0.15) is 18.4 Å². The standard InChI is InChI=1S/C10H13N2O/c1-9-8-11-5-4-10(9)13-12-6-2-3-7-12/h4-5H,2-3,6-7H2,1H3. The van der Waals surface area contributed by atoms with Gasteiger partial charge in [0.05, 0.1) is 6.20 Å². The van der Waals surface area contributed by atoms with Crippen LogP contribution in [0.4, 0.5) is 0 Å². The van der Waals surface area contributed by atoms with Gasteiger partial charge in [-0.05, 0) is 19.8 Å². The van der Waals surface area contributed by atoms with Gasteiger partial charge in [0.1, 0.15) is 0 Å². The van der Waals surface area contributed by atoms with Crippen molar-refractivity contribution in [1.29, 1.82) is 0 Å². The van der Waals surface area contributed by atoms with Crippen LogP contribution in [0.3, 0.4) is 0 Å². The first-order valence-electron chi connectivity index (χ1n) is 4.62. The van der Waals surface area contributed by atoms with E-state index in [0.29, 0.717) is 0 Å². The second-order valence-electron chi connectivity index (χ2n) is 3.27. The fourth-order valence-corrected chi connectivity index (χ4v) is 1.44. The van der Waals surface area contributed by atoms with E-state index in [0.717, 1.165) is 24.4 Å². The lowest BCUT2D eigenvalue weighted by Crippen LogP contribution is -2.23. The molecule has 2 rings (SSSR count). The molecule has 0 atom stereocenters. The molecule has 1 aliphatic heterocycles. The molecule has 1 aromatic rings. The van der Waals surface area contributed by atoms with Crippen LogP contribution in [-0.2, 0) is 0 Å². The maximum absolute atomic E-state index is 5.67. The Morgan fingerprint density at radius 1 is 1.46 bits per heavy atom. The van der Waals surface area contributed by atoms with Crippen molar-refractivity contribution >= 4 is 0 Å². The highest BCUT2D eigenvalue weighted by molar-refractivity contribution is 5.27. The average molecular weight is 177 g/mol. The van der Waals surface area contributed by atoms with Crippen LogP contribution < -0.4 is 4.84 Å². The molecule has 0 bridgehead atoms. The molecule has 3 nitrogen and oxygen atoms in total. The largest absolute Gasteiger partial charge is 0.406 e. The number of hydrogen-bond acceptors (Lipinski definition) is 3. The summed E-state index contributed by atoms with van der Waals surface area (Å²) in [5.74, 6) is 0.872. The highest BCUT2D eigenvalue weighted by Gasteiger charge is 2.13. The predicted molar refractivity (Wildman–Crippen MR) is 49.2 cm³/mol. The highest BCUT2D eigenvalue weighted by Crippen LogP contribution is 2.18. The van der Waals surface area contributed by atoms with Crippen molar-refractivity contribution in [2.75, 3.05) is 13.1 Å². The summed E-state index contributed by atoms with van der Waals surface area (Å²) in [4.78, 5) is 9.56. The van der Waals surface area contributed by atoms with Gasteiger partial charge in [-0.2, -0.15) is 0 Å². The molecule has 0 saturated carbocycles. The minimum atomic E-state index is 0.872. The summed E-state index contributed by atoms with van der Waals surface area (Å²) in [5.41, 5.74) is 0.967. The number of nitrogens with zero attached hydrogens (tertiary/aromatic N) is 2. The Labute approximate surface area is 78.3 Å². The normalized spacial score (nSPS) is 17.6. The van der Waals surface area contributed by atoms with E-state index in [4.69, 9.17) is 4.84 Å². The van der Waals surface area contributed by atoms with Crippen molar-refractivity contribution in [1.82, 2.24) is 10.0 Å². The van der Waals surface area contributed by atoms with Crippen LogP contribution in [0.25, 0.3) is 0 Å². The molecule has 1 saturated heterocycles. The Bertz CT molecular complexity index is 282. The summed E-state index contributed by atoms with van der Waals surface area (Å²) in [7, 11) is 0. The van der Waals surface area contributed by atoms with Gasteiger partial charge in [0.25, 0.3) is 0 Å². The van der Waals surface area contributed by atoms with E-state index < -0.39 is 0 Å². The zero-order valence-corrected chi connectivity index (χ0v) is 7.79. The van der Waals surface area contributed by atoms with Crippen molar-refractivity contribution in [3.8, 4) is 5.75 Å². The summed E-state index contributed by atoms with van der Waals surface area (Å²) >= 11 is 0. The minimum Gasteiger partial charge on any atom is -0.406 e. The van der Waals surface area contributed by atoms with Gasteiger partial charge in [-0.1, -0.05) is 0 Å². The van der Waals surface area contributed by atoms with E-state index in [1.807, 2.05) is 18.1 Å². The summed E-state index contributed by atoms with van der Waals surface area (Å²) in [5, 5.41) is 2.00. The van der Waals surface area contributed by atoms with Crippen molar-refractivity contribution in [2.45, 2.75) is 19.8 Å². The molecule has 69 valence electrons. The fraction of sp³-hybridized carbons (Fsp3) is 0.500. The van der Waals surface area contributed by atoms with Crippen LogP contribution >= 0.6 is 0 Å². The number of hydrogen-bond donors (Lipinski definition) is 0. The number of pyridine rings is 1. The van der Waals surface area contributed by atoms with Crippen molar-refractivity contribution in [3.05, 3.63) is 24.0 Å². The van der Waals surface area contributed by atoms with Crippen LogP contribution in [0.2, 0.25) is 0 Å². The van der Waals surface area contributed by atoms with E-state index in [-0.39, 0.29) is 0 Å². The Morgan fingerprint density at radius 3 is 2.92 bits per heavy atom. The quantitative estimate of drug-likeness (QED) is 0.685. The van der Waals surface area contributed by atoms with Gasteiger partial charge in [0, 0.05) is 30.9 Å². The van der Waals surface area contributed by atoms with Gasteiger partial charge in [0.2, 0.25) is 0 Å². The molecule has 1 aliphatic rings. The smallest absolute Gasteiger partial charge is 0.154 e.